The number of ether oxygens (including phenoxy) is 1. The molecule has 2 aliphatic heterocycles. The van der Waals surface area contributed by atoms with Crippen molar-refractivity contribution in [2.75, 3.05) is 12.9 Å². The summed E-state index contributed by atoms with van der Waals surface area (Å²) in [7, 11) is 1.53. The van der Waals surface area contributed by atoms with Crippen LogP contribution in [0.5, 0.6) is 5.75 Å². The van der Waals surface area contributed by atoms with Gasteiger partial charge in [0.2, 0.25) is 11.8 Å². The van der Waals surface area contributed by atoms with E-state index in [9.17, 15) is 14.9 Å². The number of thioether (sulfide) groups is 1. The Morgan fingerprint density at radius 3 is 2.67 bits per heavy atom. The van der Waals surface area contributed by atoms with Gasteiger partial charge >= 0.3 is 0 Å². The maximum Gasteiger partial charge on any atom is 0.233 e. The molecule has 30 heavy (non-hydrogen) atoms. The van der Waals surface area contributed by atoms with E-state index in [2.05, 4.69) is 25.2 Å². The molecule has 0 aliphatic carbocycles. The molecule has 1 aromatic carbocycles. The molecule has 2 heterocycles. The SMILES string of the molecule is COc1ccc([C@@H]2CC(=O)NC(SCC(=O)N3[C@@H](C)CCC[C@@H]3C)=C2C#N)cc1Cl. The summed E-state index contributed by atoms with van der Waals surface area (Å²) in [5.74, 6) is 0.172. The summed E-state index contributed by atoms with van der Waals surface area (Å²) < 4.78 is 5.19. The number of methoxy groups -OCH3 is 1. The molecule has 1 fully saturated rings. The number of piperidine rings is 1. The van der Waals surface area contributed by atoms with Gasteiger partial charge in [-0.1, -0.05) is 29.4 Å². The second-order valence-corrected chi connectivity index (χ2v) is 9.16. The van der Waals surface area contributed by atoms with Gasteiger partial charge in [0, 0.05) is 24.4 Å². The predicted molar refractivity (Wildman–Crippen MR) is 118 cm³/mol. The van der Waals surface area contributed by atoms with Crippen LogP contribution < -0.4 is 10.1 Å². The smallest absolute Gasteiger partial charge is 0.233 e. The molecule has 3 atom stereocenters. The van der Waals surface area contributed by atoms with Crippen LogP contribution in [0, 0.1) is 11.3 Å². The van der Waals surface area contributed by atoms with E-state index in [0.717, 1.165) is 24.8 Å². The van der Waals surface area contributed by atoms with Crippen molar-refractivity contribution >= 4 is 35.2 Å². The Bertz CT molecular complexity index is 901. The molecule has 6 nitrogen and oxygen atoms in total. The fourth-order valence-electron chi connectivity index (χ4n) is 4.24. The zero-order chi connectivity index (χ0) is 21.8. The highest BCUT2D eigenvalue weighted by Crippen LogP contribution is 2.38. The summed E-state index contributed by atoms with van der Waals surface area (Å²) in [6, 6.07) is 7.93. The predicted octanol–water partition coefficient (Wildman–Crippen LogP) is 4.21. The first-order valence-corrected chi connectivity index (χ1v) is 11.4. The number of rotatable bonds is 5. The maximum absolute atomic E-state index is 12.9. The van der Waals surface area contributed by atoms with Crippen molar-refractivity contribution in [3.05, 3.63) is 39.4 Å². The molecule has 0 bridgehead atoms. The van der Waals surface area contributed by atoms with Gasteiger partial charge in [0.25, 0.3) is 0 Å². The van der Waals surface area contributed by atoms with Crippen molar-refractivity contribution in [3.63, 3.8) is 0 Å². The number of hydrogen-bond donors (Lipinski definition) is 1. The topological polar surface area (TPSA) is 82.4 Å². The van der Waals surface area contributed by atoms with Gasteiger partial charge in [0.05, 0.1) is 34.6 Å². The largest absolute Gasteiger partial charge is 0.495 e. The Hall–Kier alpha value is -2.17. The highest BCUT2D eigenvalue weighted by Gasteiger charge is 2.32. The third-order valence-electron chi connectivity index (χ3n) is 5.76. The molecule has 0 saturated carbocycles. The lowest BCUT2D eigenvalue weighted by atomic mass is 9.87. The highest BCUT2D eigenvalue weighted by atomic mass is 35.5. The number of nitrogens with zero attached hydrogens (tertiary/aromatic N) is 2. The fraction of sp³-hybridized carbons (Fsp3) is 0.500. The standard InChI is InChI=1S/C22H26ClN3O3S/c1-13-5-4-6-14(2)26(13)21(28)12-30-22-17(11-24)16(10-20(27)25-22)15-7-8-19(29-3)18(23)9-15/h7-9,13-14,16H,4-6,10,12H2,1-3H3,(H,25,27)/t13-,14-,16-/m0/s1. The van der Waals surface area contributed by atoms with E-state index in [1.54, 1.807) is 12.1 Å². The van der Waals surface area contributed by atoms with E-state index in [-0.39, 0.29) is 36.1 Å². The minimum atomic E-state index is -0.405. The summed E-state index contributed by atoms with van der Waals surface area (Å²) >= 11 is 7.47. The third kappa shape index (κ3) is 4.76. The summed E-state index contributed by atoms with van der Waals surface area (Å²) in [6.45, 7) is 4.15. The number of carbonyl (C=O) groups excluding carboxylic acids is 2. The van der Waals surface area contributed by atoms with Crippen molar-refractivity contribution in [2.24, 2.45) is 0 Å². The zero-order valence-corrected chi connectivity index (χ0v) is 19.0. The lowest BCUT2D eigenvalue weighted by Gasteiger charge is -2.39. The van der Waals surface area contributed by atoms with Crippen LogP contribution in [-0.4, -0.2) is 41.7 Å². The van der Waals surface area contributed by atoms with Crippen LogP contribution in [0.1, 0.15) is 51.0 Å². The van der Waals surface area contributed by atoms with Crippen LogP contribution in [0.4, 0.5) is 0 Å². The van der Waals surface area contributed by atoms with Gasteiger partial charge in [-0.25, -0.2) is 0 Å². The van der Waals surface area contributed by atoms with Crippen molar-refractivity contribution in [2.45, 2.75) is 57.5 Å². The lowest BCUT2D eigenvalue weighted by molar-refractivity contribution is -0.134. The van der Waals surface area contributed by atoms with Crippen molar-refractivity contribution in [1.29, 1.82) is 5.26 Å². The fourth-order valence-corrected chi connectivity index (χ4v) is 5.45. The minimum absolute atomic E-state index is 0.0355. The monoisotopic (exact) mass is 447 g/mol. The van der Waals surface area contributed by atoms with Crippen LogP contribution in [-0.2, 0) is 9.59 Å². The molecular weight excluding hydrogens is 422 g/mol. The van der Waals surface area contributed by atoms with Gasteiger partial charge in [-0.15, -0.1) is 0 Å². The van der Waals surface area contributed by atoms with Crippen LogP contribution in [0.2, 0.25) is 5.02 Å². The molecule has 0 radical (unpaired) electrons. The molecule has 0 spiro atoms. The Morgan fingerprint density at radius 1 is 1.37 bits per heavy atom. The number of nitriles is 1. The molecule has 160 valence electrons. The molecule has 1 aromatic rings. The average molecular weight is 448 g/mol. The number of amides is 2. The molecule has 3 rings (SSSR count). The van der Waals surface area contributed by atoms with Gasteiger partial charge in [-0.05, 0) is 50.8 Å². The molecule has 0 aromatic heterocycles. The van der Waals surface area contributed by atoms with Crippen molar-refractivity contribution in [1.82, 2.24) is 10.2 Å². The number of likely N-dealkylation sites (tertiary alicyclic amines) is 1. The lowest BCUT2D eigenvalue weighted by Crippen LogP contribution is -2.48. The molecule has 1 N–H and O–H groups in total. The molecule has 2 aliphatic rings. The summed E-state index contributed by atoms with van der Waals surface area (Å²) in [4.78, 5) is 27.2. The van der Waals surface area contributed by atoms with Crippen LogP contribution in [0.15, 0.2) is 28.8 Å². The molecule has 8 heteroatoms. The molecule has 1 saturated heterocycles. The van der Waals surface area contributed by atoms with Crippen LogP contribution in [0.3, 0.4) is 0 Å². The van der Waals surface area contributed by atoms with E-state index in [1.165, 1.54) is 18.9 Å². The summed E-state index contributed by atoms with van der Waals surface area (Å²) in [5, 5.41) is 13.5. The zero-order valence-electron chi connectivity index (χ0n) is 17.4. The van der Waals surface area contributed by atoms with E-state index in [4.69, 9.17) is 16.3 Å². The average Bonchev–Trinajstić information content (AvgIpc) is 2.71. The third-order valence-corrected chi connectivity index (χ3v) is 7.05. The summed E-state index contributed by atoms with van der Waals surface area (Å²) in [5.41, 5.74) is 1.23. The number of carbonyl (C=O) groups is 2. The normalized spacial score (nSPS) is 24.3. The minimum Gasteiger partial charge on any atom is -0.495 e. The molecular formula is C22H26ClN3O3S. The number of halogens is 1. The van der Waals surface area contributed by atoms with E-state index in [0.29, 0.717) is 21.4 Å². The van der Waals surface area contributed by atoms with E-state index < -0.39 is 5.92 Å². The quantitative estimate of drug-likeness (QED) is 0.731. The van der Waals surface area contributed by atoms with Gasteiger partial charge < -0.3 is 15.0 Å². The Balaban J connectivity index is 1.81. The van der Waals surface area contributed by atoms with Gasteiger partial charge in [-0.2, -0.15) is 5.26 Å². The maximum atomic E-state index is 12.9. The Kier molecular flexibility index (Phi) is 7.32. The first-order chi connectivity index (χ1) is 14.3. The Labute approximate surface area is 186 Å². The van der Waals surface area contributed by atoms with Gasteiger partial charge in [-0.3, -0.25) is 9.59 Å². The summed E-state index contributed by atoms with van der Waals surface area (Å²) in [6.07, 6.45) is 3.29. The molecule has 2 amide bonds. The first-order valence-electron chi connectivity index (χ1n) is 10.1. The number of nitrogens with one attached hydrogen (secondary N) is 1. The van der Waals surface area contributed by atoms with Crippen molar-refractivity contribution in [3.8, 4) is 11.8 Å². The second kappa shape index (κ2) is 9.76. The van der Waals surface area contributed by atoms with E-state index >= 15 is 0 Å². The number of allylic oxidation sites excluding steroid dienone is 1. The van der Waals surface area contributed by atoms with Crippen molar-refractivity contribution < 1.29 is 14.3 Å². The molecule has 0 unspecified atom stereocenters. The van der Waals surface area contributed by atoms with Gasteiger partial charge in [0.15, 0.2) is 0 Å². The van der Waals surface area contributed by atoms with Crippen LogP contribution >= 0.6 is 23.4 Å². The highest BCUT2D eigenvalue weighted by molar-refractivity contribution is 8.03. The van der Waals surface area contributed by atoms with Gasteiger partial charge in [0.1, 0.15) is 5.75 Å². The second-order valence-electron chi connectivity index (χ2n) is 7.77. The number of benzene rings is 1. The van der Waals surface area contributed by atoms with Crippen LogP contribution in [0.25, 0.3) is 0 Å². The number of hydrogen-bond acceptors (Lipinski definition) is 5. The Morgan fingerprint density at radius 2 is 2.07 bits per heavy atom. The first kappa shape index (κ1) is 22.5. The van der Waals surface area contributed by atoms with E-state index in [1.807, 2.05) is 11.0 Å².